The molecule has 8 heteroatoms. The fourth-order valence-electron chi connectivity index (χ4n) is 1.51. The summed E-state index contributed by atoms with van der Waals surface area (Å²) < 4.78 is 27.3. The maximum atomic E-state index is 13.4. The molecule has 90 valence electrons. The first kappa shape index (κ1) is 12.2. The molecule has 4 nitrogen and oxygen atoms in total. The second-order valence-corrected chi connectivity index (χ2v) is 4.59. The van der Waals surface area contributed by atoms with E-state index >= 15 is 0 Å². The molecule has 0 aliphatic carbocycles. The average Bonchev–Trinajstić information content (AvgIpc) is 2.67. The van der Waals surface area contributed by atoms with Crippen LogP contribution in [0.25, 0.3) is 10.9 Å². The Kier molecular flexibility index (Phi) is 3.25. The zero-order valence-corrected chi connectivity index (χ0v) is 10.6. The molecule has 0 spiro atoms. The molecular weight excluding hydrogens is 316 g/mol. The van der Waals surface area contributed by atoms with E-state index in [4.69, 9.17) is 10.9 Å². The summed E-state index contributed by atoms with van der Waals surface area (Å²) in [6, 6.07) is 2.62. The Labute approximate surface area is 108 Å². The summed E-state index contributed by atoms with van der Waals surface area (Å²) in [7, 11) is 0. The molecular formula is C9H6BrF2N3OS. The molecule has 1 aromatic carbocycles. The molecule has 0 saturated carbocycles. The number of fused-ring (bicyclic) bond motifs is 1. The summed E-state index contributed by atoms with van der Waals surface area (Å²) in [6.45, 7) is 0. The van der Waals surface area contributed by atoms with Gasteiger partial charge in [0.25, 0.3) is 0 Å². The Balaban J connectivity index is 2.83. The van der Waals surface area contributed by atoms with E-state index in [1.807, 2.05) is 0 Å². The molecule has 2 aromatic rings. The van der Waals surface area contributed by atoms with Crippen molar-refractivity contribution in [2.24, 2.45) is 10.9 Å². The van der Waals surface area contributed by atoms with Gasteiger partial charge in [0.2, 0.25) is 0 Å². The molecule has 0 saturated heterocycles. The molecule has 0 unspecified atom stereocenters. The van der Waals surface area contributed by atoms with Crippen molar-refractivity contribution in [3.05, 3.63) is 34.2 Å². The van der Waals surface area contributed by atoms with Crippen LogP contribution in [0.5, 0.6) is 0 Å². The molecule has 0 atom stereocenters. The molecule has 0 amide bonds. The van der Waals surface area contributed by atoms with Crippen LogP contribution in [-0.4, -0.2) is 15.0 Å². The molecule has 17 heavy (non-hydrogen) atoms. The van der Waals surface area contributed by atoms with Crippen LogP contribution in [0.1, 0.15) is 5.56 Å². The van der Waals surface area contributed by atoms with Gasteiger partial charge in [-0.15, -0.1) is 3.89 Å². The highest BCUT2D eigenvalue weighted by Gasteiger charge is 2.15. The van der Waals surface area contributed by atoms with E-state index < -0.39 is 5.82 Å². The first-order chi connectivity index (χ1) is 8.08. The highest BCUT2D eigenvalue weighted by Crippen LogP contribution is 2.30. The molecule has 0 radical (unpaired) electrons. The van der Waals surface area contributed by atoms with E-state index in [1.165, 1.54) is 18.3 Å². The first-order valence-corrected chi connectivity index (χ1v) is 5.82. The maximum Gasteiger partial charge on any atom is 0.172 e. The lowest BCUT2D eigenvalue weighted by Crippen LogP contribution is -2.12. The number of oxime groups is 1. The largest absolute Gasteiger partial charge is 0.409 e. The van der Waals surface area contributed by atoms with Crippen molar-refractivity contribution in [3.63, 3.8) is 0 Å². The third-order valence-corrected chi connectivity index (χ3v) is 3.33. The highest BCUT2D eigenvalue weighted by molar-refractivity contribution is 9.10. The number of hydrogen-bond acceptors (Lipinski definition) is 3. The summed E-state index contributed by atoms with van der Waals surface area (Å²) in [5, 5.41) is 12.0. The Morgan fingerprint density at radius 2 is 2.24 bits per heavy atom. The fraction of sp³-hybridized carbons (Fsp3) is 0. The van der Waals surface area contributed by atoms with Crippen LogP contribution in [0, 0.1) is 5.82 Å². The van der Waals surface area contributed by atoms with Gasteiger partial charge < -0.3 is 10.9 Å². The number of amidine groups is 1. The van der Waals surface area contributed by atoms with E-state index in [1.54, 1.807) is 0 Å². The van der Waals surface area contributed by atoms with E-state index in [-0.39, 0.29) is 22.6 Å². The van der Waals surface area contributed by atoms with Gasteiger partial charge in [0.1, 0.15) is 5.82 Å². The molecule has 0 aliphatic heterocycles. The lowest BCUT2D eigenvalue weighted by molar-refractivity contribution is 0.318. The summed E-state index contributed by atoms with van der Waals surface area (Å²) in [6.07, 6.45) is 1.33. The normalized spacial score (nSPS) is 12.3. The molecule has 1 aromatic heterocycles. The van der Waals surface area contributed by atoms with E-state index in [9.17, 15) is 8.28 Å². The van der Waals surface area contributed by atoms with Gasteiger partial charge in [0, 0.05) is 23.2 Å². The van der Waals surface area contributed by atoms with Crippen molar-refractivity contribution < 1.29 is 13.5 Å². The Hall–Kier alpha value is -1.28. The molecule has 0 fully saturated rings. The predicted molar refractivity (Wildman–Crippen MR) is 66.2 cm³/mol. The van der Waals surface area contributed by atoms with E-state index in [0.717, 1.165) is 3.97 Å². The second kappa shape index (κ2) is 4.53. The number of benzene rings is 1. The summed E-state index contributed by atoms with van der Waals surface area (Å²) in [5.74, 6) is -0.682. The minimum atomic E-state index is -0.517. The number of halogens is 3. The summed E-state index contributed by atoms with van der Waals surface area (Å²) >= 11 is 2.93. The number of aromatic nitrogens is 1. The quantitative estimate of drug-likeness (QED) is 0.387. The zero-order chi connectivity index (χ0) is 12.6. The lowest BCUT2D eigenvalue weighted by atomic mass is 10.1. The number of rotatable bonds is 2. The topological polar surface area (TPSA) is 63.5 Å². The highest BCUT2D eigenvalue weighted by atomic mass is 79.9. The SMILES string of the molecule is N/C(=N\O)c1cn(SF)c2cc(F)c(Br)cc12. The van der Waals surface area contributed by atoms with Crippen molar-refractivity contribution in [1.29, 1.82) is 0 Å². The van der Waals surface area contributed by atoms with Gasteiger partial charge >= 0.3 is 0 Å². The monoisotopic (exact) mass is 321 g/mol. The van der Waals surface area contributed by atoms with Crippen molar-refractivity contribution in [2.45, 2.75) is 0 Å². The van der Waals surface area contributed by atoms with E-state index in [2.05, 4.69) is 21.1 Å². The second-order valence-electron chi connectivity index (χ2n) is 3.21. The molecule has 0 bridgehead atoms. The van der Waals surface area contributed by atoms with Crippen LogP contribution in [0.4, 0.5) is 8.28 Å². The number of nitrogens with two attached hydrogens (primary N) is 1. The van der Waals surface area contributed by atoms with Crippen molar-refractivity contribution in [1.82, 2.24) is 3.97 Å². The zero-order valence-electron chi connectivity index (χ0n) is 8.19. The van der Waals surface area contributed by atoms with Gasteiger partial charge in [-0.3, -0.25) is 3.97 Å². The molecule has 3 N–H and O–H groups in total. The van der Waals surface area contributed by atoms with Crippen LogP contribution in [0.15, 0.2) is 28.0 Å². The van der Waals surface area contributed by atoms with Gasteiger partial charge in [-0.05, 0) is 22.0 Å². The Morgan fingerprint density at radius 1 is 1.53 bits per heavy atom. The lowest BCUT2D eigenvalue weighted by Gasteiger charge is -1.99. The van der Waals surface area contributed by atoms with Crippen LogP contribution < -0.4 is 5.73 Å². The third-order valence-electron chi connectivity index (χ3n) is 2.27. The van der Waals surface area contributed by atoms with Crippen molar-refractivity contribution in [2.75, 3.05) is 0 Å². The fourth-order valence-corrected chi connectivity index (χ4v) is 2.22. The molecule has 2 rings (SSSR count). The minimum Gasteiger partial charge on any atom is -0.409 e. The van der Waals surface area contributed by atoms with Gasteiger partial charge in [-0.25, -0.2) is 4.39 Å². The van der Waals surface area contributed by atoms with E-state index in [0.29, 0.717) is 16.5 Å². The Morgan fingerprint density at radius 3 is 2.82 bits per heavy atom. The molecule has 1 heterocycles. The van der Waals surface area contributed by atoms with Gasteiger partial charge in [0.15, 0.2) is 18.2 Å². The molecule has 0 aliphatic rings. The first-order valence-electron chi connectivity index (χ1n) is 4.35. The predicted octanol–water partition coefficient (Wildman–Crippen LogP) is 3.02. The average molecular weight is 322 g/mol. The van der Waals surface area contributed by atoms with Crippen LogP contribution in [0.3, 0.4) is 0 Å². The van der Waals surface area contributed by atoms with Gasteiger partial charge in [-0.1, -0.05) is 5.16 Å². The van der Waals surface area contributed by atoms with Crippen molar-refractivity contribution in [3.8, 4) is 0 Å². The third kappa shape index (κ3) is 1.98. The van der Waals surface area contributed by atoms with Gasteiger partial charge in [-0.2, -0.15) is 0 Å². The standard InChI is InChI=1S/C9H6BrF2N3OS/c10-6-1-4-5(9(13)14-16)3-15(17-12)8(4)2-7(6)11/h1-3,16H,(H2,13,14). The number of nitrogens with zero attached hydrogens (tertiary/aromatic N) is 2. The van der Waals surface area contributed by atoms with Crippen LogP contribution >= 0.6 is 28.3 Å². The summed E-state index contributed by atoms with van der Waals surface area (Å²) in [5.41, 5.74) is 6.09. The Bertz CT molecular complexity index is 614. The van der Waals surface area contributed by atoms with Crippen LogP contribution in [0.2, 0.25) is 0 Å². The smallest absolute Gasteiger partial charge is 0.172 e. The maximum absolute atomic E-state index is 13.4. The van der Waals surface area contributed by atoms with Crippen LogP contribution in [-0.2, 0) is 0 Å². The summed E-state index contributed by atoms with van der Waals surface area (Å²) in [4.78, 5) is 0. The number of hydrogen-bond donors (Lipinski definition) is 2. The van der Waals surface area contributed by atoms with Crippen molar-refractivity contribution >= 4 is 45.0 Å². The minimum absolute atomic E-state index is 0.0959. The van der Waals surface area contributed by atoms with Gasteiger partial charge in [0.05, 0.1) is 9.99 Å².